The normalized spacial score (nSPS) is 12.6. The summed E-state index contributed by atoms with van der Waals surface area (Å²) in [6.45, 7) is 0. The fraction of sp³-hybridized carbons (Fsp3) is 0. The Morgan fingerprint density at radius 1 is 0.500 bits per heavy atom. The van der Waals surface area contributed by atoms with E-state index in [2.05, 4.69) is 119 Å². The smallest absolute Gasteiger partial charge is 0.197 e. The summed E-state index contributed by atoms with van der Waals surface area (Å²) in [6.07, 6.45) is 1.81. The standard InChI is InChI=1S/C40H22N2OS/c43-40-38-27(23-11-6-16-32-24(23)15-8-20-41-32)12-5-13-28(38)29-14-7-18-34(39(29)40)42-33-17-3-1-9-25(33)30-21-31-26-10-2-4-19-36(26)44-37(31)22-35(30)42/h1-22H. The van der Waals surface area contributed by atoms with Crippen LogP contribution in [-0.4, -0.2) is 15.3 Å². The number of nitrogens with zero attached hydrogens (tertiary/aromatic N) is 2. The number of benzene rings is 6. The van der Waals surface area contributed by atoms with Gasteiger partial charge in [0.25, 0.3) is 0 Å². The highest BCUT2D eigenvalue weighted by Gasteiger charge is 2.33. The number of carbonyl (C=O) groups is 1. The average molecular weight is 579 g/mol. The van der Waals surface area contributed by atoms with Crippen molar-refractivity contribution in [2.45, 2.75) is 0 Å². The third-order valence-electron chi connectivity index (χ3n) is 9.20. The quantitative estimate of drug-likeness (QED) is 0.205. The molecule has 0 saturated carbocycles. The lowest BCUT2D eigenvalue weighted by atomic mass is 9.93. The molecule has 10 rings (SSSR count). The molecule has 1 aliphatic rings. The second kappa shape index (κ2) is 8.73. The van der Waals surface area contributed by atoms with Crippen LogP contribution in [0.1, 0.15) is 15.9 Å². The van der Waals surface area contributed by atoms with Crippen LogP contribution < -0.4 is 0 Å². The van der Waals surface area contributed by atoms with Gasteiger partial charge in [-0.3, -0.25) is 9.78 Å². The molecule has 1 aliphatic carbocycles. The lowest BCUT2D eigenvalue weighted by molar-refractivity contribution is 0.104. The van der Waals surface area contributed by atoms with Gasteiger partial charge in [-0.25, -0.2) is 0 Å². The van der Waals surface area contributed by atoms with Crippen LogP contribution in [0.3, 0.4) is 0 Å². The number of pyridine rings is 1. The van der Waals surface area contributed by atoms with Gasteiger partial charge in [-0.2, -0.15) is 0 Å². The molecule has 0 atom stereocenters. The Morgan fingerprint density at radius 3 is 2.11 bits per heavy atom. The minimum atomic E-state index is 0.0657. The molecule has 0 unspecified atom stereocenters. The number of aromatic nitrogens is 2. The molecule has 0 fully saturated rings. The van der Waals surface area contributed by atoms with Crippen LogP contribution in [0.25, 0.3) is 80.8 Å². The Hall–Kier alpha value is -5.58. The van der Waals surface area contributed by atoms with E-state index in [1.807, 2.05) is 35.7 Å². The summed E-state index contributed by atoms with van der Waals surface area (Å²) in [5.74, 6) is 0.0657. The third-order valence-corrected chi connectivity index (χ3v) is 10.3. The Kier molecular flexibility index (Phi) is 4.74. The second-order valence-corrected chi connectivity index (χ2v) is 12.5. The Morgan fingerprint density at radius 2 is 1.20 bits per heavy atom. The van der Waals surface area contributed by atoms with Crippen LogP contribution >= 0.6 is 11.3 Å². The topological polar surface area (TPSA) is 34.9 Å². The van der Waals surface area contributed by atoms with Gasteiger partial charge in [-0.15, -0.1) is 11.3 Å². The molecule has 0 spiro atoms. The van der Waals surface area contributed by atoms with Crippen LogP contribution in [0.2, 0.25) is 0 Å². The largest absolute Gasteiger partial charge is 0.308 e. The van der Waals surface area contributed by atoms with E-state index in [0.29, 0.717) is 0 Å². The number of ketones is 1. The molecule has 0 saturated heterocycles. The maximum atomic E-state index is 14.7. The van der Waals surface area contributed by atoms with Gasteiger partial charge in [-0.05, 0) is 64.7 Å². The molecule has 0 bridgehead atoms. The van der Waals surface area contributed by atoms with Crippen LogP contribution in [0.4, 0.5) is 0 Å². The summed E-state index contributed by atoms with van der Waals surface area (Å²) in [7, 11) is 0. The zero-order valence-electron chi connectivity index (χ0n) is 23.4. The number of hydrogen-bond acceptors (Lipinski definition) is 3. The summed E-state index contributed by atoms with van der Waals surface area (Å²) >= 11 is 1.82. The Labute approximate surface area is 256 Å². The Balaban J connectivity index is 1.26. The summed E-state index contributed by atoms with van der Waals surface area (Å²) < 4.78 is 4.84. The van der Waals surface area contributed by atoms with E-state index < -0.39 is 0 Å². The first kappa shape index (κ1) is 23.9. The maximum absolute atomic E-state index is 14.7. The van der Waals surface area contributed by atoms with Crippen molar-refractivity contribution in [3.63, 3.8) is 0 Å². The lowest BCUT2D eigenvalue weighted by Crippen LogP contribution is -2.05. The van der Waals surface area contributed by atoms with E-state index in [0.717, 1.165) is 61.0 Å². The van der Waals surface area contributed by atoms with E-state index in [1.54, 1.807) is 0 Å². The lowest BCUT2D eigenvalue weighted by Gasteiger charge is -2.12. The van der Waals surface area contributed by atoms with Gasteiger partial charge in [-0.1, -0.05) is 84.9 Å². The minimum absolute atomic E-state index is 0.0657. The SMILES string of the molecule is O=C1c2c(cccc2-c2cccc3ncccc23)-c2cccc(-n3c4ccccc4c4cc5c(cc43)sc3ccccc35)c21. The van der Waals surface area contributed by atoms with Crippen LogP contribution in [0, 0.1) is 0 Å². The zero-order chi connectivity index (χ0) is 28.9. The number of fused-ring (bicyclic) bond motifs is 10. The molecule has 0 amide bonds. The first-order valence-corrected chi connectivity index (χ1v) is 15.6. The molecule has 3 aromatic heterocycles. The van der Waals surface area contributed by atoms with Crippen LogP contribution in [0.5, 0.6) is 0 Å². The first-order chi connectivity index (χ1) is 21.8. The summed E-state index contributed by atoms with van der Waals surface area (Å²) in [5.41, 5.74) is 9.51. The minimum Gasteiger partial charge on any atom is -0.308 e. The molecule has 3 heterocycles. The first-order valence-electron chi connectivity index (χ1n) is 14.8. The van der Waals surface area contributed by atoms with Crippen molar-refractivity contribution in [1.29, 1.82) is 0 Å². The van der Waals surface area contributed by atoms with Crippen molar-refractivity contribution in [2.24, 2.45) is 0 Å². The number of para-hydroxylation sites is 1. The van der Waals surface area contributed by atoms with Crippen LogP contribution in [-0.2, 0) is 0 Å². The summed E-state index contributed by atoms with van der Waals surface area (Å²) in [5, 5.41) is 5.98. The van der Waals surface area contributed by atoms with Gasteiger partial charge < -0.3 is 4.57 Å². The monoisotopic (exact) mass is 578 g/mol. The number of carbonyl (C=O) groups excluding carboxylic acids is 1. The predicted molar refractivity (Wildman–Crippen MR) is 183 cm³/mol. The van der Waals surface area contributed by atoms with E-state index in [-0.39, 0.29) is 5.78 Å². The molecule has 0 radical (unpaired) electrons. The van der Waals surface area contributed by atoms with Gasteiger partial charge in [0.1, 0.15) is 0 Å². The molecule has 9 aromatic rings. The molecule has 204 valence electrons. The maximum Gasteiger partial charge on any atom is 0.197 e. The zero-order valence-corrected chi connectivity index (χ0v) is 24.2. The summed E-state index contributed by atoms with van der Waals surface area (Å²) in [6, 6.07) is 44.5. The van der Waals surface area contributed by atoms with Gasteiger partial charge in [0.15, 0.2) is 5.78 Å². The molecule has 0 N–H and O–H groups in total. The van der Waals surface area contributed by atoms with E-state index in [4.69, 9.17) is 0 Å². The fourth-order valence-corrected chi connectivity index (χ4v) is 8.47. The molecule has 44 heavy (non-hydrogen) atoms. The highest BCUT2D eigenvalue weighted by atomic mass is 32.1. The van der Waals surface area contributed by atoms with Crippen LogP contribution in [0.15, 0.2) is 134 Å². The fourth-order valence-electron chi connectivity index (χ4n) is 7.35. The van der Waals surface area contributed by atoms with E-state index in [1.165, 1.54) is 30.9 Å². The van der Waals surface area contributed by atoms with E-state index >= 15 is 0 Å². The van der Waals surface area contributed by atoms with Gasteiger partial charge in [0.2, 0.25) is 0 Å². The molecular formula is C40H22N2OS. The van der Waals surface area contributed by atoms with Crippen molar-refractivity contribution < 1.29 is 4.79 Å². The van der Waals surface area contributed by atoms with Crippen molar-refractivity contribution in [3.05, 3.63) is 145 Å². The molecule has 3 nitrogen and oxygen atoms in total. The average Bonchev–Trinajstić information content (AvgIpc) is 3.70. The predicted octanol–water partition coefficient (Wildman–Crippen LogP) is 10.6. The molecular weight excluding hydrogens is 557 g/mol. The van der Waals surface area contributed by atoms with Gasteiger partial charge >= 0.3 is 0 Å². The number of hydrogen-bond donors (Lipinski definition) is 0. The second-order valence-electron chi connectivity index (χ2n) is 11.4. The van der Waals surface area contributed by atoms with Crippen molar-refractivity contribution in [3.8, 4) is 27.9 Å². The van der Waals surface area contributed by atoms with Crippen molar-refractivity contribution in [1.82, 2.24) is 9.55 Å². The van der Waals surface area contributed by atoms with Crippen molar-refractivity contribution in [2.75, 3.05) is 0 Å². The molecule has 6 aromatic carbocycles. The van der Waals surface area contributed by atoms with Gasteiger partial charge in [0, 0.05) is 48.1 Å². The number of rotatable bonds is 2. The third kappa shape index (κ3) is 3.10. The highest BCUT2D eigenvalue weighted by molar-refractivity contribution is 7.25. The van der Waals surface area contributed by atoms with Gasteiger partial charge in [0.05, 0.1) is 27.8 Å². The molecule has 0 aliphatic heterocycles. The van der Waals surface area contributed by atoms with Crippen molar-refractivity contribution >= 4 is 70.0 Å². The highest BCUT2D eigenvalue weighted by Crippen LogP contribution is 2.47. The summed E-state index contributed by atoms with van der Waals surface area (Å²) in [4.78, 5) is 19.3. The number of thiophene rings is 1. The Bertz CT molecular complexity index is 2690. The van der Waals surface area contributed by atoms with E-state index in [9.17, 15) is 4.79 Å². The molecule has 4 heteroatoms.